The molecule has 1 aromatic carbocycles. The van der Waals surface area contributed by atoms with Gasteiger partial charge in [0.05, 0.1) is 31.4 Å². The fourth-order valence-corrected chi connectivity index (χ4v) is 5.10. The number of aryl methyl sites for hydroxylation is 1. The Morgan fingerprint density at radius 1 is 1.27 bits per heavy atom. The Morgan fingerprint density at radius 2 is 2.03 bits per heavy atom. The van der Waals surface area contributed by atoms with Gasteiger partial charge in [0.1, 0.15) is 12.4 Å². The van der Waals surface area contributed by atoms with E-state index >= 15 is 0 Å². The number of ether oxygens (including phenoxy) is 2. The first-order chi connectivity index (χ1) is 15.9. The smallest absolute Gasteiger partial charge is 0.237 e. The van der Waals surface area contributed by atoms with Gasteiger partial charge in [-0.05, 0) is 69.3 Å². The van der Waals surface area contributed by atoms with Gasteiger partial charge in [0.15, 0.2) is 0 Å². The number of rotatable bonds is 12. The van der Waals surface area contributed by atoms with Gasteiger partial charge >= 0.3 is 0 Å². The van der Waals surface area contributed by atoms with E-state index in [9.17, 15) is 9.90 Å². The van der Waals surface area contributed by atoms with Crippen LogP contribution in [0.1, 0.15) is 49.2 Å². The fraction of sp³-hybridized carbons (Fsp3) is 0.577. The van der Waals surface area contributed by atoms with Gasteiger partial charge in [-0.3, -0.25) is 9.69 Å². The lowest BCUT2D eigenvalue weighted by molar-refractivity contribution is -0.136. The molecule has 0 bridgehead atoms. The molecule has 0 unspecified atom stereocenters. The molecule has 0 aliphatic carbocycles. The number of carbonyl (C=O) groups excluding carboxylic acids is 1. The van der Waals surface area contributed by atoms with Crippen LogP contribution in [-0.4, -0.2) is 72.4 Å². The molecule has 1 amide bonds. The van der Waals surface area contributed by atoms with Crippen molar-refractivity contribution in [1.29, 1.82) is 0 Å². The van der Waals surface area contributed by atoms with Gasteiger partial charge in [0, 0.05) is 18.0 Å². The average molecular weight is 475 g/mol. The molecule has 1 aliphatic rings. The van der Waals surface area contributed by atoms with E-state index in [0.717, 1.165) is 25.1 Å². The van der Waals surface area contributed by atoms with Crippen LogP contribution >= 0.6 is 11.3 Å². The number of fused-ring (bicyclic) bond motifs is 1. The maximum atomic E-state index is 13.4. The van der Waals surface area contributed by atoms with Gasteiger partial charge in [-0.25, -0.2) is 0 Å². The highest BCUT2D eigenvalue weighted by Crippen LogP contribution is 2.34. The second-order valence-electron chi connectivity index (χ2n) is 9.05. The summed E-state index contributed by atoms with van der Waals surface area (Å²) in [6.45, 7) is 10.9. The van der Waals surface area contributed by atoms with Gasteiger partial charge in [-0.1, -0.05) is 24.6 Å². The zero-order valence-corrected chi connectivity index (χ0v) is 21.1. The standard InChI is InChI=1S/C26H38N2O4S/c1-5-12-27(15-21(29)17-31-19(2)3)16-26(30)28-13-10-25-23(11-14-33-25)24(28)18-32-22-8-6-20(4)7-9-22/h6-9,11,14,19,21,24,29H,5,10,12-13,15-18H2,1-4H3/t21-,24+/m1/s1. The Hall–Kier alpha value is -1.93. The summed E-state index contributed by atoms with van der Waals surface area (Å²) in [4.78, 5) is 18.8. The predicted octanol–water partition coefficient (Wildman–Crippen LogP) is 4.06. The van der Waals surface area contributed by atoms with Crippen LogP contribution in [0.3, 0.4) is 0 Å². The highest BCUT2D eigenvalue weighted by molar-refractivity contribution is 7.10. The zero-order chi connectivity index (χ0) is 23.8. The lowest BCUT2D eigenvalue weighted by Crippen LogP contribution is -2.48. The van der Waals surface area contributed by atoms with E-state index in [0.29, 0.717) is 19.7 Å². The van der Waals surface area contributed by atoms with Crippen molar-refractivity contribution >= 4 is 17.2 Å². The number of aliphatic hydroxyl groups excluding tert-OH is 1. The van der Waals surface area contributed by atoms with Crippen LogP contribution in [0.4, 0.5) is 0 Å². The Labute approximate surface area is 202 Å². The lowest BCUT2D eigenvalue weighted by Gasteiger charge is -2.37. The largest absolute Gasteiger partial charge is 0.491 e. The van der Waals surface area contributed by atoms with Crippen molar-refractivity contribution in [2.75, 3.05) is 39.4 Å². The molecule has 1 aromatic heterocycles. The predicted molar refractivity (Wildman–Crippen MR) is 133 cm³/mol. The second-order valence-corrected chi connectivity index (χ2v) is 10.0. The Bertz CT molecular complexity index is 867. The maximum Gasteiger partial charge on any atom is 0.237 e. The summed E-state index contributed by atoms with van der Waals surface area (Å²) in [5, 5.41) is 12.5. The molecule has 0 fully saturated rings. The van der Waals surface area contributed by atoms with Crippen molar-refractivity contribution in [3.05, 3.63) is 51.7 Å². The summed E-state index contributed by atoms with van der Waals surface area (Å²) in [5.74, 6) is 0.894. The third-order valence-corrected chi connectivity index (χ3v) is 6.83. The minimum Gasteiger partial charge on any atom is -0.491 e. The van der Waals surface area contributed by atoms with E-state index in [1.54, 1.807) is 11.3 Å². The number of hydrogen-bond donors (Lipinski definition) is 1. The van der Waals surface area contributed by atoms with Crippen LogP contribution in [0, 0.1) is 6.92 Å². The number of hydrogen-bond acceptors (Lipinski definition) is 6. The van der Waals surface area contributed by atoms with Crippen LogP contribution < -0.4 is 4.74 Å². The first-order valence-corrected chi connectivity index (χ1v) is 12.8. The summed E-state index contributed by atoms with van der Waals surface area (Å²) in [6.07, 6.45) is 1.25. The number of nitrogens with zero attached hydrogens (tertiary/aromatic N) is 2. The molecule has 182 valence electrons. The van der Waals surface area contributed by atoms with Crippen LogP contribution in [0.25, 0.3) is 0 Å². The first kappa shape index (κ1) is 25.7. The van der Waals surface area contributed by atoms with E-state index in [1.165, 1.54) is 16.0 Å². The van der Waals surface area contributed by atoms with E-state index in [-0.39, 0.29) is 31.2 Å². The quantitative estimate of drug-likeness (QED) is 0.503. The van der Waals surface area contributed by atoms with Crippen molar-refractivity contribution in [1.82, 2.24) is 9.80 Å². The summed E-state index contributed by atoms with van der Waals surface area (Å²) in [7, 11) is 0. The van der Waals surface area contributed by atoms with Crippen molar-refractivity contribution < 1.29 is 19.4 Å². The number of benzene rings is 1. The van der Waals surface area contributed by atoms with Crippen molar-refractivity contribution in [2.45, 2.75) is 58.8 Å². The molecule has 33 heavy (non-hydrogen) atoms. The minimum absolute atomic E-state index is 0.0725. The van der Waals surface area contributed by atoms with Crippen LogP contribution in [-0.2, 0) is 16.0 Å². The number of aliphatic hydroxyl groups is 1. The molecule has 2 heterocycles. The van der Waals surface area contributed by atoms with Crippen molar-refractivity contribution in [3.8, 4) is 5.75 Å². The number of carbonyl (C=O) groups is 1. The number of thiophene rings is 1. The fourth-order valence-electron chi connectivity index (χ4n) is 4.17. The molecule has 3 rings (SSSR count). The monoisotopic (exact) mass is 474 g/mol. The van der Waals surface area contributed by atoms with E-state index in [2.05, 4.69) is 25.3 Å². The Morgan fingerprint density at radius 3 is 2.73 bits per heavy atom. The molecule has 1 aliphatic heterocycles. The van der Waals surface area contributed by atoms with E-state index < -0.39 is 6.10 Å². The topological polar surface area (TPSA) is 62.2 Å². The first-order valence-electron chi connectivity index (χ1n) is 11.9. The maximum absolute atomic E-state index is 13.4. The molecule has 2 atom stereocenters. The van der Waals surface area contributed by atoms with Gasteiger partial charge in [-0.2, -0.15) is 0 Å². The molecule has 0 saturated heterocycles. The molecular weight excluding hydrogens is 436 g/mol. The highest BCUT2D eigenvalue weighted by Gasteiger charge is 2.33. The van der Waals surface area contributed by atoms with Crippen LogP contribution in [0.5, 0.6) is 5.75 Å². The molecule has 0 radical (unpaired) electrons. The third kappa shape index (κ3) is 7.54. The highest BCUT2D eigenvalue weighted by atomic mass is 32.1. The molecule has 7 heteroatoms. The third-order valence-electron chi connectivity index (χ3n) is 5.83. The summed E-state index contributed by atoms with van der Waals surface area (Å²) in [5.41, 5.74) is 2.38. The molecule has 2 aromatic rings. The Balaban J connectivity index is 1.67. The van der Waals surface area contributed by atoms with Crippen molar-refractivity contribution in [2.24, 2.45) is 0 Å². The summed E-state index contributed by atoms with van der Waals surface area (Å²) in [6, 6.07) is 10.0. The normalized spacial score (nSPS) is 16.8. The Kier molecular flexibility index (Phi) is 9.74. The molecule has 0 spiro atoms. The molecule has 6 nitrogen and oxygen atoms in total. The van der Waals surface area contributed by atoms with Gasteiger partial charge in [-0.15, -0.1) is 11.3 Å². The van der Waals surface area contributed by atoms with Gasteiger partial charge in [0.2, 0.25) is 5.91 Å². The molecule has 0 saturated carbocycles. The zero-order valence-electron chi connectivity index (χ0n) is 20.3. The van der Waals surface area contributed by atoms with Gasteiger partial charge < -0.3 is 19.5 Å². The van der Waals surface area contributed by atoms with E-state index in [1.807, 2.05) is 47.9 Å². The summed E-state index contributed by atoms with van der Waals surface area (Å²) >= 11 is 1.75. The SMILES string of the molecule is CCCN(CC(=O)N1CCc2sccc2[C@@H]1COc1ccc(C)cc1)C[C@@H](O)COC(C)C. The second kappa shape index (κ2) is 12.5. The lowest BCUT2D eigenvalue weighted by atomic mass is 10.0. The van der Waals surface area contributed by atoms with Crippen molar-refractivity contribution in [3.63, 3.8) is 0 Å². The average Bonchev–Trinajstić information content (AvgIpc) is 3.26. The molecular formula is C26H38N2O4S. The number of amides is 1. The molecule has 1 N–H and O–H groups in total. The van der Waals surface area contributed by atoms with Crippen LogP contribution in [0.15, 0.2) is 35.7 Å². The summed E-state index contributed by atoms with van der Waals surface area (Å²) < 4.78 is 11.7. The minimum atomic E-state index is -0.614. The van der Waals surface area contributed by atoms with Gasteiger partial charge in [0.25, 0.3) is 0 Å². The van der Waals surface area contributed by atoms with Crippen LogP contribution in [0.2, 0.25) is 0 Å². The van der Waals surface area contributed by atoms with E-state index in [4.69, 9.17) is 9.47 Å².